The van der Waals surface area contributed by atoms with Gasteiger partial charge in [-0.05, 0) is 31.0 Å². The molecule has 0 atom stereocenters. The SMILES string of the molecule is Cc1cnn(-c2nc(Cl)nc(C)c2N)c1. The Morgan fingerprint density at radius 1 is 1.33 bits per heavy atom. The molecule has 2 aromatic heterocycles. The van der Waals surface area contributed by atoms with E-state index >= 15 is 0 Å². The average Bonchev–Trinajstić information content (AvgIpc) is 2.58. The van der Waals surface area contributed by atoms with Crippen LogP contribution in [0.5, 0.6) is 0 Å². The Bertz CT molecular complexity index is 505. The third kappa shape index (κ3) is 1.78. The van der Waals surface area contributed by atoms with Crippen molar-refractivity contribution in [1.82, 2.24) is 19.7 Å². The lowest BCUT2D eigenvalue weighted by molar-refractivity contribution is 0.839. The summed E-state index contributed by atoms with van der Waals surface area (Å²) in [6, 6.07) is 0. The Balaban J connectivity index is 2.62. The van der Waals surface area contributed by atoms with Gasteiger partial charge < -0.3 is 5.73 Å². The van der Waals surface area contributed by atoms with Crippen LogP contribution < -0.4 is 5.73 Å². The zero-order valence-electron chi connectivity index (χ0n) is 8.40. The van der Waals surface area contributed by atoms with Crippen molar-refractivity contribution in [3.63, 3.8) is 0 Å². The number of hydrogen-bond donors (Lipinski definition) is 1. The minimum atomic E-state index is 0.171. The molecule has 78 valence electrons. The normalized spacial score (nSPS) is 10.6. The summed E-state index contributed by atoms with van der Waals surface area (Å²) < 4.78 is 1.59. The summed E-state index contributed by atoms with van der Waals surface area (Å²) in [5.41, 5.74) is 8.02. The smallest absolute Gasteiger partial charge is 0.224 e. The Kier molecular flexibility index (Phi) is 2.32. The van der Waals surface area contributed by atoms with Crippen LogP contribution >= 0.6 is 11.6 Å². The molecule has 5 nitrogen and oxygen atoms in total. The van der Waals surface area contributed by atoms with Crippen LogP contribution in [0.15, 0.2) is 12.4 Å². The third-order valence-corrected chi connectivity index (χ3v) is 2.19. The molecule has 15 heavy (non-hydrogen) atoms. The van der Waals surface area contributed by atoms with Gasteiger partial charge in [0.2, 0.25) is 5.28 Å². The van der Waals surface area contributed by atoms with Crippen molar-refractivity contribution in [3.8, 4) is 5.82 Å². The monoisotopic (exact) mass is 223 g/mol. The fourth-order valence-electron chi connectivity index (χ4n) is 1.24. The van der Waals surface area contributed by atoms with Gasteiger partial charge in [-0.2, -0.15) is 10.1 Å². The van der Waals surface area contributed by atoms with Gasteiger partial charge in [-0.25, -0.2) is 9.67 Å². The van der Waals surface area contributed by atoms with Crippen LogP contribution in [0.25, 0.3) is 5.82 Å². The molecule has 0 aromatic carbocycles. The second kappa shape index (κ2) is 3.51. The van der Waals surface area contributed by atoms with Gasteiger partial charge in [-0.15, -0.1) is 0 Å². The molecule has 0 aliphatic heterocycles. The molecule has 2 heterocycles. The molecule has 2 aromatic rings. The van der Waals surface area contributed by atoms with E-state index in [0.717, 1.165) is 5.56 Å². The van der Waals surface area contributed by atoms with Crippen LogP contribution in [0.4, 0.5) is 5.69 Å². The maximum Gasteiger partial charge on any atom is 0.224 e. The fourth-order valence-corrected chi connectivity index (χ4v) is 1.44. The molecule has 0 spiro atoms. The molecule has 0 aliphatic carbocycles. The maximum absolute atomic E-state index is 5.85. The second-order valence-corrected chi connectivity index (χ2v) is 3.62. The highest BCUT2D eigenvalue weighted by atomic mass is 35.5. The molecule has 2 rings (SSSR count). The van der Waals surface area contributed by atoms with Gasteiger partial charge in [0.25, 0.3) is 0 Å². The van der Waals surface area contributed by atoms with Crippen molar-refractivity contribution in [2.45, 2.75) is 13.8 Å². The van der Waals surface area contributed by atoms with Gasteiger partial charge in [0.05, 0.1) is 17.6 Å². The number of hydrogen-bond acceptors (Lipinski definition) is 4. The first-order valence-corrected chi connectivity index (χ1v) is 4.77. The van der Waals surface area contributed by atoms with Crippen LogP contribution in [-0.2, 0) is 0 Å². The number of nitrogens with zero attached hydrogens (tertiary/aromatic N) is 4. The molecule has 0 aliphatic rings. The van der Waals surface area contributed by atoms with Crippen molar-refractivity contribution in [1.29, 1.82) is 0 Å². The minimum absolute atomic E-state index is 0.171. The zero-order valence-corrected chi connectivity index (χ0v) is 9.15. The van der Waals surface area contributed by atoms with Crippen molar-refractivity contribution >= 4 is 17.3 Å². The quantitative estimate of drug-likeness (QED) is 0.745. The summed E-state index contributed by atoms with van der Waals surface area (Å²) in [7, 11) is 0. The molecule has 0 radical (unpaired) electrons. The van der Waals surface area contributed by atoms with E-state index in [1.54, 1.807) is 17.8 Å². The first-order chi connectivity index (χ1) is 7.08. The average molecular weight is 224 g/mol. The lowest BCUT2D eigenvalue weighted by atomic mass is 10.3. The second-order valence-electron chi connectivity index (χ2n) is 3.28. The predicted molar refractivity (Wildman–Crippen MR) is 58.1 cm³/mol. The molecule has 0 fully saturated rings. The Labute approximate surface area is 91.9 Å². The highest BCUT2D eigenvalue weighted by Crippen LogP contribution is 2.19. The standard InChI is InChI=1S/C9H10ClN5/c1-5-3-12-15(4-5)8-7(11)6(2)13-9(10)14-8/h3-4H,11H2,1-2H3. The molecule has 0 amide bonds. The van der Waals surface area contributed by atoms with Crippen LogP contribution in [-0.4, -0.2) is 19.7 Å². The molecular formula is C9H10ClN5. The Hall–Kier alpha value is -1.62. The fraction of sp³-hybridized carbons (Fsp3) is 0.222. The molecular weight excluding hydrogens is 214 g/mol. The summed E-state index contributed by atoms with van der Waals surface area (Å²) in [5.74, 6) is 0.514. The molecule has 6 heteroatoms. The number of aryl methyl sites for hydroxylation is 2. The number of nitrogen functional groups attached to an aromatic ring is 1. The third-order valence-electron chi connectivity index (χ3n) is 2.02. The van der Waals surface area contributed by atoms with Gasteiger partial charge in [0.1, 0.15) is 0 Å². The summed E-state index contributed by atoms with van der Waals surface area (Å²) >= 11 is 5.76. The van der Waals surface area contributed by atoms with E-state index in [1.165, 1.54) is 0 Å². The van der Waals surface area contributed by atoms with Crippen molar-refractivity contribution in [3.05, 3.63) is 28.9 Å². The van der Waals surface area contributed by atoms with E-state index in [1.807, 2.05) is 13.1 Å². The van der Waals surface area contributed by atoms with Crippen LogP contribution in [0.1, 0.15) is 11.3 Å². The van der Waals surface area contributed by atoms with Gasteiger partial charge in [-0.3, -0.25) is 0 Å². The summed E-state index contributed by atoms with van der Waals surface area (Å²) in [6.07, 6.45) is 3.55. The molecule has 0 saturated heterocycles. The minimum Gasteiger partial charge on any atom is -0.394 e. The van der Waals surface area contributed by atoms with E-state index < -0.39 is 0 Å². The zero-order chi connectivity index (χ0) is 11.0. The van der Waals surface area contributed by atoms with E-state index in [-0.39, 0.29) is 5.28 Å². The summed E-state index contributed by atoms with van der Waals surface area (Å²) in [4.78, 5) is 8.00. The first-order valence-electron chi connectivity index (χ1n) is 4.39. The van der Waals surface area contributed by atoms with Gasteiger partial charge in [0.15, 0.2) is 5.82 Å². The Morgan fingerprint density at radius 3 is 2.67 bits per heavy atom. The van der Waals surface area contributed by atoms with Gasteiger partial charge in [0, 0.05) is 6.20 Å². The molecule has 0 unspecified atom stereocenters. The van der Waals surface area contributed by atoms with Crippen molar-refractivity contribution in [2.24, 2.45) is 0 Å². The van der Waals surface area contributed by atoms with E-state index in [9.17, 15) is 0 Å². The van der Waals surface area contributed by atoms with E-state index in [0.29, 0.717) is 17.2 Å². The number of rotatable bonds is 1. The van der Waals surface area contributed by atoms with Crippen LogP contribution in [0.2, 0.25) is 5.28 Å². The maximum atomic E-state index is 5.85. The predicted octanol–water partition coefficient (Wildman–Crippen LogP) is 1.51. The largest absolute Gasteiger partial charge is 0.394 e. The lowest BCUT2D eigenvalue weighted by Gasteiger charge is -2.06. The molecule has 0 saturated carbocycles. The van der Waals surface area contributed by atoms with Gasteiger partial charge >= 0.3 is 0 Å². The first kappa shape index (κ1) is 9.92. The number of nitrogens with two attached hydrogens (primary N) is 1. The van der Waals surface area contributed by atoms with Crippen LogP contribution in [0, 0.1) is 13.8 Å². The number of aromatic nitrogens is 4. The van der Waals surface area contributed by atoms with E-state index in [4.69, 9.17) is 17.3 Å². The number of anilines is 1. The topological polar surface area (TPSA) is 69.6 Å². The molecule has 2 N–H and O–H groups in total. The Morgan fingerprint density at radius 2 is 2.07 bits per heavy atom. The molecule has 0 bridgehead atoms. The highest BCUT2D eigenvalue weighted by molar-refractivity contribution is 6.28. The highest BCUT2D eigenvalue weighted by Gasteiger charge is 2.10. The van der Waals surface area contributed by atoms with Crippen LogP contribution in [0.3, 0.4) is 0 Å². The van der Waals surface area contributed by atoms with E-state index in [2.05, 4.69) is 15.1 Å². The summed E-state index contributed by atoms with van der Waals surface area (Å²) in [6.45, 7) is 3.72. The van der Waals surface area contributed by atoms with Gasteiger partial charge in [-0.1, -0.05) is 0 Å². The number of halogens is 1. The van der Waals surface area contributed by atoms with Crippen molar-refractivity contribution in [2.75, 3.05) is 5.73 Å². The summed E-state index contributed by atoms with van der Waals surface area (Å²) in [5, 5.41) is 4.29. The van der Waals surface area contributed by atoms with Crippen molar-refractivity contribution < 1.29 is 0 Å². The lowest BCUT2D eigenvalue weighted by Crippen LogP contribution is -2.07.